The number of nitrogens with zero attached hydrogens (tertiary/aromatic N) is 3. The number of hydrogen-bond acceptors (Lipinski definition) is 6. The number of anilines is 1. The number of H-pyrrole nitrogens is 1. The van der Waals surface area contributed by atoms with Crippen molar-refractivity contribution in [1.29, 1.82) is 0 Å². The minimum absolute atomic E-state index is 0.0254. The van der Waals surface area contributed by atoms with Crippen molar-refractivity contribution in [1.82, 2.24) is 25.3 Å². The van der Waals surface area contributed by atoms with Gasteiger partial charge in [0.1, 0.15) is 0 Å². The van der Waals surface area contributed by atoms with Crippen LogP contribution in [0.1, 0.15) is 43.9 Å². The summed E-state index contributed by atoms with van der Waals surface area (Å²) in [6, 6.07) is 18.9. The molecule has 1 aliphatic carbocycles. The molecule has 0 bridgehead atoms. The summed E-state index contributed by atoms with van der Waals surface area (Å²) < 4.78 is 0. The van der Waals surface area contributed by atoms with Gasteiger partial charge in [0.05, 0.1) is 17.8 Å². The number of fused-ring (bicyclic) bond motifs is 1. The van der Waals surface area contributed by atoms with Gasteiger partial charge in [-0.2, -0.15) is 5.06 Å². The fourth-order valence-corrected chi connectivity index (χ4v) is 5.77. The van der Waals surface area contributed by atoms with Crippen LogP contribution < -0.4 is 10.6 Å². The first-order valence-electron chi connectivity index (χ1n) is 13.0. The molecular weight excluding hydrogens is 448 g/mol. The van der Waals surface area contributed by atoms with Gasteiger partial charge in [0, 0.05) is 47.0 Å². The summed E-state index contributed by atoms with van der Waals surface area (Å²) >= 11 is 0. The van der Waals surface area contributed by atoms with E-state index in [4.69, 9.17) is 4.98 Å². The van der Waals surface area contributed by atoms with E-state index in [-0.39, 0.29) is 30.2 Å². The lowest BCUT2D eigenvalue weighted by atomic mass is 9.87. The molecule has 1 saturated heterocycles. The standard InChI is InChI=1S/C29H34N6O/c1-17-9-12-22-23(16-31-25(22)15-17)24-13-14-30-29(32-24)34-28(20-7-5-4-6-8-20)27-19(3)35(36)18(2)26(33-27)21-10-11-21/h4-9,12-16,18-19,21,26-28,31,33,36H,10-11H2,1-3H3,(H,30,32,34). The van der Waals surface area contributed by atoms with E-state index in [1.54, 1.807) is 5.06 Å². The lowest BCUT2D eigenvalue weighted by Gasteiger charge is -2.48. The summed E-state index contributed by atoms with van der Waals surface area (Å²) in [7, 11) is 0. The largest absolute Gasteiger partial charge is 0.360 e. The number of piperazine rings is 1. The third-order valence-electron chi connectivity index (χ3n) is 7.96. The molecule has 5 atom stereocenters. The maximum atomic E-state index is 11.0. The van der Waals surface area contributed by atoms with Gasteiger partial charge in [-0.1, -0.05) is 42.5 Å². The van der Waals surface area contributed by atoms with Crippen LogP contribution >= 0.6 is 0 Å². The summed E-state index contributed by atoms with van der Waals surface area (Å²) in [5.41, 5.74) is 5.38. The maximum Gasteiger partial charge on any atom is 0.223 e. The zero-order chi connectivity index (χ0) is 24.8. The van der Waals surface area contributed by atoms with E-state index in [1.165, 1.54) is 18.4 Å². The van der Waals surface area contributed by atoms with Crippen molar-refractivity contribution in [2.24, 2.45) is 5.92 Å². The topological polar surface area (TPSA) is 89.1 Å². The van der Waals surface area contributed by atoms with Gasteiger partial charge < -0.3 is 20.8 Å². The molecule has 2 fully saturated rings. The molecule has 6 rings (SSSR count). The molecule has 4 N–H and O–H groups in total. The average molecular weight is 483 g/mol. The second kappa shape index (κ2) is 9.32. The molecule has 2 aromatic heterocycles. The number of hydrogen-bond donors (Lipinski definition) is 4. The van der Waals surface area contributed by atoms with Crippen LogP contribution in [-0.4, -0.2) is 49.4 Å². The molecule has 5 unspecified atom stereocenters. The number of benzene rings is 2. The minimum Gasteiger partial charge on any atom is -0.360 e. The molecular formula is C29H34N6O. The number of aromatic amines is 1. The van der Waals surface area contributed by atoms with E-state index >= 15 is 0 Å². The van der Waals surface area contributed by atoms with E-state index < -0.39 is 0 Å². The first kappa shape index (κ1) is 23.2. The van der Waals surface area contributed by atoms with Gasteiger partial charge in [0.25, 0.3) is 0 Å². The van der Waals surface area contributed by atoms with E-state index in [1.807, 2.05) is 24.5 Å². The number of rotatable bonds is 6. The van der Waals surface area contributed by atoms with Gasteiger partial charge in [0.2, 0.25) is 5.95 Å². The fourth-order valence-electron chi connectivity index (χ4n) is 5.77. The normalized spacial score (nSPS) is 25.7. The van der Waals surface area contributed by atoms with Crippen molar-refractivity contribution < 1.29 is 5.21 Å². The minimum atomic E-state index is -0.120. The molecule has 2 aliphatic rings. The van der Waals surface area contributed by atoms with Crippen LogP contribution in [0.5, 0.6) is 0 Å². The van der Waals surface area contributed by atoms with E-state index in [2.05, 4.69) is 83.8 Å². The Kier molecular flexibility index (Phi) is 5.99. The average Bonchev–Trinajstić information content (AvgIpc) is 3.66. The van der Waals surface area contributed by atoms with E-state index in [0.717, 1.165) is 27.7 Å². The van der Waals surface area contributed by atoms with Crippen molar-refractivity contribution in [3.05, 3.63) is 78.1 Å². The Morgan fingerprint density at radius 1 is 1.06 bits per heavy atom. The van der Waals surface area contributed by atoms with Gasteiger partial charge in [-0.05, 0) is 62.8 Å². The smallest absolute Gasteiger partial charge is 0.223 e. The predicted octanol–water partition coefficient (Wildman–Crippen LogP) is 5.31. The third-order valence-corrected chi connectivity index (χ3v) is 7.96. The summed E-state index contributed by atoms with van der Waals surface area (Å²) in [6.45, 7) is 6.29. The van der Waals surface area contributed by atoms with Crippen LogP contribution in [0.3, 0.4) is 0 Å². The summed E-state index contributed by atoms with van der Waals surface area (Å²) in [6.07, 6.45) is 6.26. The molecule has 1 saturated carbocycles. The second-order valence-electron chi connectivity index (χ2n) is 10.5. The number of nitrogens with one attached hydrogen (secondary N) is 3. The fraction of sp³-hybridized carbons (Fsp3) is 0.379. The highest BCUT2D eigenvalue weighted by molar-refractivity contribution is 5.94. The van der Waals surface area contributed by atoms with Gasteiger partial charge in [-0.25, -0.2) is 9.97 Å². The van der Waals surface area contributed by atoms with Crippen molar-refractivity contribution in [3.63, 3.8) is 0 Å². The molecule has 7 heteroatoms. The number of hydroxylamine groups is 2. The predicted molar refractivity (Wildman–Crippen MR) is 143 cm³/mol. The molecule has 4 aromatic rings. The maximum absolute atomic E-state index is 11.0. The van der Waals surface area contributed by atoms with Crippen molar-refractivity contribution in [2.45, 2.75) is 63.8 Å². The summed E-state index contributed by atoms with van der Waals surface area (Å²) in [5.74, 6) is 1.19. The van der Waals surface area contributed by atoms with Crippen molar-refractivity contribution in [2.75, 3.05) is 5.32 Å². The molecule has 0 radical (unpaired) electrons. The Morgan fingerprint density at radius 2 is 1.86 bits per heavy atom. The molecule has 186 valence electrons. The molecule has 0 amide bonds. The van der Waals surface area contributed by atoms with E-state index in [9.17, 15) is 5.21 Å². The lowest BCUT2D eigenvalue weighted by molar-refractivity contribution is -0.188. The van der Waals surface area contributed by atoms with Gasteiger partial charge in [0.15, 0.2) is 0 Å². The van der Waals surface area contributed by atoms with Crippen LogP contribution in [0.15, 0.2) is 67.0 Å². The molecule has 7 nitrogen and oxygen atoms in total. The highest BCUT2D eigenvalue weighted by Gasteiger charge is 2.47. The SMILES string of the molecule is Cc1ccc2c(-c3ccnc(NC(c4ccccc4)C4NC(C5CC5)C(C)N(O)C4C)n3)c[nH]c2c1. The first-order valence-corrected chi connectivity index (χ1v) is 13.0. The molecule has 36 heavy (non-hydrogen) atoms. The molecule has 1 aliphatic heterocycles. The van der Waals surface area contributed by atoms with Crippen LogP contribution in [-0.2, 0) is 0 Å². The Morgan fingerprint density at radius 3 is 2.64 bits per heavy atom. The summed E-state index contributed by atoms with van der Waals surface area (Å²) in [5, 5.41) is 21.3. The van der Waals surface area contributed by atoms with Crippen LogP contribution in [0.2, 0.25) is 0 Å². The summed E-state index contributed by atoms with van der Waals surface area (Å²) in [4.78, 5) is 12.9. The molecule has 0 spiro atoms. The zero-order valence-corrected chi connectivity index (χ0v) is 21.0. The Hall–Kier alpha value is -3.26. The second-order valence-corrected chi connectivity index (χ2v) is 10.5. The zero-order valence-electron chi connectivity index (χ0n) is 21.0. The monoisotopic (exact) mass is 482 g/mol. The molecule has 2 aromatic carbocycles. The van der Waals surface area contributed by atoms with Gasteiger partial charge in [-0.15, -0.1) is 0 Å². The van der Waals surface area contributed by atoms with Crippen LogP contribution in [0.25, 0.3) is 22.2 Å². The lowest BCUT2D eigenvalue weighted by Crippen LogP contribution is -2.67. The van der Waals surface area contributed by atoms with Gasteiger partial charge >= 0.3 is 0 Å². The van der Waals surface area contributed by atoms with E-state index in [0.29, 0.717) is 11.9 Å². The highest BCUT2D eigenvalue weighted by atomic mass is 16.5. The molecule has 3 heterocycles. The number of aryl methyl sites for hydroxylation is 1. The Balaban J connectivity index is 1.34. The highest BCUT2D eigenvalue weighted by Crippen LogP contribution is 2.39. The van der Waals surface area contributed by atoms with Crippen molar-refractivity contribution in [3.8, 4) is 11.3 Å². The first-order chi connectivity index (χ1) is 17.5. The third kappa shape index (κ3) is 4.28. The quantitative estimate of drug-likeness (QED) is 0.298. The Labute approximate surface area is 211 Å². The van der Waals surface area contributed by atoms with Crippen LogP contribution in [0.4, 0.5) is 5.95 Å². The van der Waals surface area contributed by atoms with Crippen LogP contribution in [0, 0.1) is 12.8 Å². The van der Waals surface area contributed by atoms with Crippen molar-refractivity contribution >= 4 is 16.9 Å². The number of aromatic nitrogens is 3. The van der Waals surface area contributed by atoms with Gasteiger partial charge in [-0.3, -0.25) is 0 Å². The Bertz CT molecular complexity index is 1350.